The van der Waals surface area contributed by atoms with Crippen LogP contribution in [0.1, 0.15) is 11.1 Å². The zero-order valence-electron chi connectivity index (χ0n) is 22.7. The van der Waals surface area contributed by atoms with Crippen LogP contribution >= 0.6 is 0 Å². The van der Waals surface area contributed by atoms with Gasteiger partial charge in [-0.1, -0.05) is 60.7 Å². The fourth-order valence-corrected chi connectivity index (χ4v) is 5.36. The molecule has 7 rings (SSSR count). The number of ether oxygens (including phenoxy) is 2. The van der Waals surface area contributed by atoms with Crippen LogP contribution in [-0.4, -0.2) is 34.2 Å². The van der Waals surface area contributed by atoms with Crippen molar-refractivity contribution in [2.24, 2.45) is 0 Å². The number of aromatic nitrogens is 4. The van der Waals surface area contributed by atoms with E-state index in [9.17, 15) is 0 Å². The summed E-state index contributed by atoms with van der Waals surface area (Å²) in [6.45, 7) is 4.14. The normalized spacial score (nSPS) is 11.5. The maximum Gasteiger partial charge on any atom is 0.213 e. The highest BCUT2D eigenvalue weighted by atomic mass is 16.5. The predicted octanol–water partition coefficient (Wildman–Crippen LogP) is 7.85. The van der Waals surface area contributed by atoms with Gasteiger partial charge in [0.05, 0.1) is 36.6 Å². The van der Waals surface area contributed by atoms with E-state index in [1.165, 1.54) is 0 Å². The third kappa shape index (κ3) is 3.88. The second kappa shape index (κ2) is 9.27. The van der Waals surface area contributed by atoms with Crippen molar-refractivity contribution in [1.82, 2.24) is 19.9 Å². The van der Waals surface area contributed by atoms with Crippen LogP contribution in [-0.2, 0) is 0 Å². The molecule has 6 heteroatoms. The first-order valence-corrected chi connectivity index (χ1v) is 13.1. The number of fused-ring (bicyclic) bond motifs is 6. The average molecular weight is 523 g/mol. The summed E-state index contributed by atoms with van der Waals surface area (Å²) in [7, 11) is 3.28. The van der Waals surface area contributed by atoms with Gasteiger partial charge in [-0.2, -0.15) is 0 Å². The zero-order chi connectivity index (χ0) is 27.4. The van der Waals surface area contributed by atoms with E-state index in [0.717, 1.165) is 77.3 Å². The molecule has 4 aromatic heterocycles. The largest absolute Gasteiger partial charge is 0.481 e. The Bertz CT molecular complexity index is 1950. The molecule has 3 aromatic carbocycles. The van der Waals surface area contributed by atoms with Gasteiger partial charge in [-0.3, -0.25) is 0 Å². The highest BCUT2D eigenvalue weighted by Crippen LogP contribution is 2.32. The van der Waals surface area contributed by atoms with Crippen molar-refractivity contribution >= 4 is 43.6 Å². The molecular formula is C34H26N4O2. The van der Waals surface area contributed by atoms with Crippen LogP contribution in [0.5, 0.6) is 11.8 Å². The fourth-order valence-electron chi connectivity index (χ4n) is 5.36. The van der Waals surface area contributed by atoms with Crippen molar-refractivity contribution in [3.63, 3.8) is 0 Å². The number of methoxy groups -OCH3 is 2. The molecule has 194 valence electrons. The van der Waals surface area contributed by atoms with Crippen LogP contribution in [0.2, 0.25) is 0 Å². The molecule has 0 bridgehead atoms. The van der Waals surface area contributed by atoms with Gasteiger partial charge in [0.2, 0.25) is 11.8 Å². The Morgan fingerprint density at radius 2 is 0.850 bits per heavy atom. The molecule has 0 aliphatic carbocycles. The van der Waals surface area contributed by atoms with Gasteiger partial charge in [0.15, 0.2) is 0 Å². The Kier molecular flexibility index (Phi) is 5.56. The van der Waals surface area contributed by atoms with Gasteiger partial charge in [0, 0.05) is 44.8 Å². The lowest BCUT2D eigenvalue weighted by atomic mass is 10.0. The number of nitrogens with zero attached hydrogens (tertiary/aromatic N) is 4. The lowest BCUT2D eigenvalue weighted by Crippen LogP contribution is -1.94. The highest BCUT2D eigenvalue weighted by Gasteiger charge is 2.12. The van der Waals surface area contributed by atoms with Gasteiger partial charge in [-0.15, -0.1) is 0 Å². The van der Waals surface area contributed by atoms with Gasteiger partial charge < -0.3 is 9.47 Å². The third-order valence-corrected chi connectivity index (χ3v) is 7.54. The summed E-state index contributed by atoms with van der Waals surface area (Å²) in [6.07, 6.45) is 0. The summed E-state index contributed by atoms with van der Waals surface area (Å²) in [5, 5.41) is 4.23. The number of hydrogen-bond donors (Lipinski definition) is 0. The average Bonchev–Trinajstić information content (AvgIpc) is 3.00. The molecule has 0 aliphatic rings. The maximum atomic E-state index is 5.43. The van der Waals surface area contributed by atoms with Crippen molar-refractivity contribution in [2.75, 3.05) is 14.2 Å². The molecule has 0 unspecified atom stereocenters. The van der Waals surface area contributed by atoms with E-state index in [2.05, 4.69) is 86.6 Å². The molecule has 40 heavy (non-hydrogen) atoms. The third-order valence-electron chi connectivity index (χ3n) is 7.54. The summed E-state index contributed by atoms with van der Waals surface area (Å²) in [6, 6.07) is 29.0. The molecule has 0 N–H and O–H groups in total. The molecule has 0 radical (unpaired) electrons. The minimum absolute atomic E-state index is 0.591. The Morgan fingerprint density at radius 3 is 1.25 bits per heavy atom. The number of aryl methyl sites for hydroxylation is 2. The van der Waals surface area contributed by atoms with E-state index in [-0.39, 0.29) is 0 Å². The lowest BCUT2D eigenvalue weighted by molar-refractivity contribution is 0.399. The minimum atomic E-state index is 0.591. The first-order valence-electron chi connectivity index (χ1n) is 13.1. The lowest BCUT2D eigenvalue weighted by Gasteiger charge is -2.10. The molecule has 7 aromatic rings. The van der Waals surface area contributed by atoms with Crippen LogP contribution in [0.4, 0.5) is 0 Å². The van der Waals surface area contributed by atoms with Crippen molar-refractivity contribution in [2.45, 2.75) is 13.8 Å². The molecule has 6 nitrogen and oxygen atoms in total. The Hall–Kier alpha value is -5.10. The van der Waals surface area contributed by atoms with E-state index in [1.807, 2.05) is 12.1 Å². The van der Waals surface area contributed by atoms with Gasteiger partial charge in [-0.05, 0) is 37.1 Å². The molecule has 0 saturated heterocycles. The van der Waals surface area contributed by atoms with Crippen LogP contribution in [0, 0.1) is 13.8 Å². The summed E-state index contributed by atoms with van der Waals surface area (Å²) >= 11 is 0. The predicted molar refractivity (Wildman–Crippen MR) is 161 cm³/mol. The quantitative estimate of drug-likeness (QED) is 0.219. The smallest absolute Gasteiger partial charge is 0.213 e. The van der Waals surface area contributed by atoms with Gasteiger partial charge in [-0.25, -0.2) is 19.9 Å². The van der Waals surface area contributed by atoms with E-state index in [4.69, 9.17) is 29.4 Å². The van der Waals surface area contributed by atoms with Crippen molar-refractivity contribution in [1.29, 1.82) is 0 Å². The Balaban J connectivity index is 1.31. The monoisotopic (exact) mass is 522 g/mol. The number of benzene rings is 3. The number of rotatable bonds is 4. The molecular weight excluding hydrogens is 496 g/mol. The van der Waals surface area contributed by atoms with E-state index < -0.39 is 0 Å². The summed E-state index contributed by atoms with van der Waals surface area (Å²) in [5.74, 6) is 1.18. The Labute approximate surface area is 231 Å². The molecule has 0 saturated carbocycles. The maximum absolute atomic E-state index is 5.43. The zero-order valence-corrected chi connectivity index (χ0v) is 22.7. The van der Waals surface area contributed by atoms with E-state index in [0.29, 0.717) is 11.8 Å². The molecule has 0 fully saturated rings. The molecule has 0 amide bonds. The first-order chi connectivity index (χ1) is 19.5. The molecule has 0 aliphatic heterocycles. The molecule has 4 heterocycles. The van der Waals surface area contributed by atoms with Gasteiger partial charge in [0.25, 0.3) is 0 Å². The standard InChI is InChI=1S/C34H26N4O2/c1-19-17-29(39-3)37-33-25(19)13-9-23-11-15-27(35-31(23)33)21-5-7-22(8-6-21)28-16-12-24-10-14-26-20(2)18-30(40-4)38-34(26)32(24)36-28/h5-18H,1-4H3. The first kappa shape index (κ1) is 24.0. The van der Waals surface area contributed by atoms with Crippen LogP contribution in [0.15, 0.2) is 84.9 Å². The van der Waals surface area contributed by atoms with E-state index in [1.54, 1.807) is 14.2 Å². The van der Waals surface area contributed by atoms with Crippen molar-refractivity contribution < 1.29 is 9.47 Å². The minimum Gasteiger partial charge on any atom is -0.481 e. The summed E-state index contributed by atoms with van der Waals surface area (Å²) < 4.78 is 10.9. The Morgan fingerprint density at radius 1 is 0.450 bits per heavy atom. The summed E-state index contributed by atoms with van der Waals surface area (Å²) in [4.78, 5) is 19.5. The number of pyridine rings is 4. The van der Waals surface area contributed by atoms with Crippen molar-refractivity contribution in [3.05, 3.63) is 96.1 Å². The van der Waals surface area contributed by atoms with Gasteiger partial charge in [0.1, 0.15) is 11.0 Å². The topological polar surface area (TPSA) is 70.0 Å². The van der Waals surface area contributed by atoms with Crippen LogP contribution in [0.3, 0.4) is 0 Å². The molecule has 0 atom stereocenters. The second-order valence-corrected chi connectivity index (χ2v) is 10.0. The highest BCUT2D eigenvalue weighted by molar-refractivity contribution is 6.05. The number of hydrogen-bond acceptors (Lipinski definition) is 6. The van der Waals surface area contributed by atoms with Gasteiger partial charge >= 0.3 is 0 Å². The molecule has 0 spiro atoms. The SMILES string of the molecule is COc1cc(C)c2ccc3ccc(-c4ccc(-c5ccc6ccc7c(C)cc(OC)nc7c6n5)cc4)nc3c2n1. The summed E-state index contributed by atoms with van der Waals surface area (Å²) in [5.41, 5.74) is 9.47. The fraction of sp³-hybridized carbons (Fsp3) is 0.118. The van der Waals surface area contributed by atoms with Crippen LogP contribution in [0.25, 0.3) is 66.1 Å². The van der Waals surface area contributed by atoms with E-state index >= 15 is 0 Å². The van der Waals surface area contributed by atoms with Crippen LogP contribution < -0.4 is 9.47 Å². The second-order valence-electron chi connectivity index (χ2n) is 10.0. The van der Waals surface area contributed by atoms with Crippen molar-refractivity contribution in [3.8, 4) is 34.3 Å².